The lowest BCUT2D eigenvalue weighted by molar-refractivity contribution is 0.0871. The second-order valence-electron chi connectivity index (χ2n) is 5.40. The minimum absolute atomic E-state index is 0.120. The summed E-state index contributed by atoms with van der Waals surface area (Å²) in [5.74, 6) is -0.0558. The van der Waals surface area contributed by atoms with Gasteiger partial charge in [0.2, 0.25) is 0 Å². The highest BCUT2D eigenvalue weighted by atomic mass is 32.1. The fourth-order valence-electron chi connectivity index (χ4n) is 1.82. The minimum Gasteiger partial charge on any atom is -0.391 e. The van der Waals surface area contributed by atoms with E-state index in [2.05, 4.69) is 10.3 Å². The Morgan fingerprint density at radius 1 is 1.43 bits per heavy atom. The Hall–Kier alpha value is -1.72. The lowest BCUT2D eigenvalue weighted by Crippen LogP contribution is -2.34. The van der Waals surface area contributed by atoms with Crippen molar-refractivity contribution in [2.75, 3.05) is 6.54 Å². The first-order chi connectivity index (χ1) is 9.97. The van der Waals surface area contributed by atoms with Crippen LogP contribution in [0.5, 0.6) is 0 Å². The molecule has 0 aliphatic heterocycles. The van der Waals surface area contributed by atoms with Crippen LogP contribution >= 0.6 is 11.3 Å². The van der Waals surface area contributed by atoms with E-state index in [1.807, 2.05) is 44.4 Å². The zero-order valence-corrected chi connectivity index (χ0v) is 13.3. The number of benzene rings is 1. The molecule has 0 saturated heterocycles. The highest BCUT2D eigenvalue weighted by molar-refractivity contribution is 7.13. The highest BCUT2D eigenvalue weighted by Gasteiger charge is 2.13. The van der Waals surface area contributed by atoms with Crippen molar-refractivity contribution in [3.63, 3.8) is 0 Å². The van der Waals surface area contributed by atoms with Gasteiger partial charge in [0, 0.05) is 28.7 Å². The van der Waals surface area contributed by atoms with E-state index in [0.29, 0.717) is 5.56 Å². The van der Waals surface area contributed by atoms with Gasteiger partial charge in [-0.15, -0.1) is 11.3 Å². The van der Waals surface area contributed by atoms with E-state index in [1.165, 1.54) is 0 Å². The number of aliphatic hydroxyl groups excluding tert-OH is 1. The molecule has 21 heavy (non-hydrogen) atoms. The van der Waals surface area contributed by atoms with Gasteiger partial charge in [-0.2, -0.15) is 0 Å². The summed E-state index contributed by atoms with van der Waals surface area (Å²) in [6.45, 7) is 6.05. The van der Waals surface area contributed by atoms with Crippen LogP contribution in [0, 0.1) is 12.8 Å². The maximum Gasteiger partial charge on any atom is 0.251 e. The van der Waals surface area contributed by atoms with Crippen LogP contribution in [0.25, 0.3) is 10.6 Å². The topological polar surface area (TPSA) is 62.2 Å². The number of rotatable bonds is 5. The number of carbonyl (C=O) groups excluding carboxylic acids is 1. The molecule has 4 nitrogen and oxygen atoms in total. The number of hydrogen-bond acceptors (Lipinski definition) is 4. The van der Waals surface area contributed by atoms with Gasteiger partial charge in [-0.05, 0) is 25.0 Å². The zero-order valence-electron chi connectivity index (χ0n) is 12.5. The first kappa shape index (κ1) is 15.7. The fraction of sp³-hybridized carbons (Fsp3) is 0.375. The summed E-state index contributed by atoms with van der Waals surface area (Å²) in [4.78, 5) is 16.5. The van der Waals surface area contributed by atoms with Gasteiger partial charge >= 0.3 is 0 Å². The van der Waals surface area contributed by atoms with Gasteiger partial charge in [0.1, 0.15) is 5.01 Å². The van der Waals surface area contributed by atoms with Crippen molar-refractivity contribution in [2.45, 2.75) is 26.9 Å². The number of thiazole rings is 1. The third-order valence-electron chi connectivity index (χ3n) is 3.23. The van der Waals surface area contributed by atoms with Crippen LogP contribution < -0.4 is 5.32 Å². The van der Waals surface area contributed by atoms with E-state index >= 15 is 0 Å². The van der Waals surface area contributed by atoms with Crippen molar-refractivity contribution in [3.8, 4) is 10.6 Å². The summed E-state index contributed by atoms with van der Waals surface area (Å²) in [5, 5.41) is 15.4. The summed E-state index contributed by atoms with van der Waals surface area (Å²) in [5.41, 5.74) is 2.49. The molecule has 2 aromatic rings. The molecule has 0 bridgehead atoms. The van der Waals surface area contributed by atoms with Crippen molar-refractivity contribution in [1.82, 2.24) is 10.3 Å². The van der Waals surface area contributed by atoms with Gasteiger partial charge in [0.15, 0.2) is 0 Å². The van der Waals surface area contributed by atoms with Crippen LogP contribution in [0.15, 0.2) is 29.6 Å². The normalized spacial score (nSPS) is 12.4. The van der Waals surface area contributed by atoms with E-state index in [9.17, 15) is 9.90 Å². The number of carbonyl (C=O) groups is 1. The number of aryl methyl sites for hydroxylation is 1. The molecule has 0 aliphatic carbocycles. The lowest BCUT2D eigenvalue weighted by Gasteiger charge is -2.15. The average molecular weight is 304 g/mol. The standard InChI is InChI=1S/C16H20N2O2S/c1-10(2)14(19)8-17-15(20)12-5-4-6-13(7-12)16-18-11(3)9-21-16/h4-7,9-10,14,19H,8H2,1-3H3,(H,17,20). The van der Waals surface area contributed by atoms with Crippen LogP contribution in [0.1, 0.15) is 29.9 Å². The molecule has 0 fully saturated rings. The molecule has 2 rings (SSSR count). The van der Waals surface area contributed by atoms with E-state index in [4.69, 9.17) is 0 Å². The molecule has 1 aromatic heterocycles. The summed E-state index contributed by atoms with van der Waals surface area (Å²) >= 11 is 1.56. The largest absolute Gasteiger partial charge is 0.391 e. The summed E-state index contributed by atoms with van der Waals surface area (Å²) in [6, 6.07) is 7.38. The molecule has 0 aliphatic rings. The number of aromatic nitrogens is 1. The molecule has 2 N–H and O–H groups in total. The van der Waals surface area contributed by atoms with Crippen LogP contribution in [0.4, 0.5) is 0 Å². The molecule has 0 spiro atoms. The van der Waals surface area contributed by atoms with Gasteiger partial charge in [-0.25, -0.2) is 4.98 Å². The molecule has 0 saturated carbocycles. The average Bonchev–Trinajstić information content (AvgIpc) is 2.91. The quantitative estimate of drug-likeness (QED) is 0.893. The fourth-order valence-corrected chi connectivity index (χ4v) is 2.61. The Balaban J connectivity index is 2.08. The molecular weight excluding hydrogens is 284 g/mol. The Kier molecular flexibility index (Phi) is 5.09. The molecule has 1 heterocycles. The van der Waals surface area contributed by atoms with Crippen LogP contribution in [-0.2, 0) is 0 Å². The molecule has 1 amide bonds. The first-order valence-electron chi connectivity index (χ1n) is 6.96. The SMILES string of the molecule is Cc1csc(-c2cccc(C(=O)NCC(O)C(C)C)c2)n1. The molecule has 1 atom stereocenters. The number of nitrogens with zero attached hydrogens (tertiary/aromatic N) is 1. The number of amides is 1. The smallest absolute Gasteiger partial charge is 0.251 e. The Morgan fingerprint density at radius 2 is 2.19 bits per heavy atom. The van der Waals surface area contributed by atoms with E-state index < -0.39 is 6.10 Å². The lowest BCUT2D eigenvalue weighted by atomic mass is 10.1. The minimum atomic E-state index is -0.529. The molecule has 1 unspecified atom stereocenters. The van der Waals surface area contributed by atoms with Crippen LogP contribution in [-0.4, -0.2) is 28.6 Å². The zero-order chi connectivity index (χ0) is 15.4. The van der Waals surface area contributed by atoms with Crippen molar-refractivity contribution in [2.24, 2.45) is 5.92 Å². The van der Waals surface area contributed by atoms with Crippen LogP contribution in [0.2, 0.25) is 0 Å². The molecule has 1 aromatic carbocycles. The monoisotopic (exact) mass is 304 g/mol. The predicted molar refractivity (Wildman–Crippen MR) is 85.5 cm³/mol. The summed E-state index contributed by atoms with van der Waals surface area (Å²) in [6.07, 6.45) is -0.529. The Bertz CT molecular complexity index is 622. The third kappa shape index (κ3) is 4.12. The third-order valence-corrected chi connectivity index (χ3v) is 4.24. The first-order valence-corrected chi connectivity index (χ1v) is 7.84. The van der Waals surface area contributed by atoms with Crippen molar-refractivity contribution < 1.29 is 9.90 Å². The van der Waals surface area contributed by atoms with E-state index in [-0.39, 0.29) is 18.4 Å². The van der Waals surface area contributed by atoms with Crippen LogP contribution in [0.3, 0.4) is 0 Å². The number of nitrogens with one attached hydrogen (secondary N) is 1. The molecule has 0 radical (unpaired) electrons. The number of aliphatic hydroxyl groups is 1. The van der Waals surface area contributed by atoms with Gasteiger partial charge in [0.05, 0.1) is 6.10 Å². The van der Waals surface area contributed by atoms with Crippen molar-refractivity contribution in [1.29, 1.82) is 0 Å². The maximum absolute atomic E-state index is 12.1. The Labute approximate surface area is 128 Å². The van der Waals surface area contributed by atoms with E-state index in [0.717, 1.165) is 16.3 Å². The molecule has 5 heteroatoms. The van der Waals surface area contributed by atoms with Gasteiger partial charge in [-0.3, -0.25) is 4.79 Å². The maximum atomic E-state index is 12.1. The molecule has 112 valence electrons. The summed E-state index contributed by atoms with van der Waals surface area (Å²) < 4.78 is 0. The van der Waals surface area contributed by atoms with Gasteiger partial charge in [-0.1, -0.05) is 26.0 Å². The van der Waals surface area contributed by atoms with Gasteiger partial charge < -0.3 is 10.4 Å². The van der Waals surface area contributed by atoms with E-state index in [1.54, 1.807) is 17.4 Å². The summed E-state index contributed by atoms with van der Waals surface area (Å²) in [7, 11) is 0. The second-order valence-corrected chi connectivity index (χ2v) is 6.25. The predicted octanol–water partition coefficient (Wildman–Crippen LogP) is 2.87. The Morgan fingerprint density at radius 3 is 2.81 bits per heavy atom. The highest BCUT2D eigenvalue weighted by Crippen LogP contribution is 2.24. The number of hydrogen-bond donors (Lipinski definition) is 2. The van der Waals surface area contributed by atoms with Gasteiger partial charge in [0.25, 0.3) is 5.91 Å². The van der Waals surface area contributed by atoms with Crippen molar-refractivity contribution >= 4 is 17.2 Å². The molecular formula is C16H20N2O2S. The second kappa shape index (κ2) is 6.83. The van der Waals surface area contributed by atoms with Crippen molar-refractivity contribution in [3.05, 3.63) is 40.9 Å².